The number of nitrogen functional groups attached to an aromatic ring is 1. The van der Waals surface area contributed by atoms with E-state index in [2.05, 4.69) is 23.0 Å². The Bertz CT molecular complexity index is 887. The SMILES string of the molecule is CCCN1CCOCC1.NO.Nc1ccccc1/C=C/c1ccc(CC(=O)NC2CCCCC2)cc1. The molecule has 0 bridgehead atoms. The number of nitrogens with two attached hydrogens (primary N) is 2. The van der Waals surface area contributed by atoms with Crippen LogP contribution in [0.4, 0.5) is 5.69 Å². The van der Waals surface area contributed by atoms with Gasteiger partial charge in [0.05, 0.1) is 19.6 Å². The van der Waals surface area contributed by atoms with Crippen LogP contribution in [0.2, 0.25) is 0 Å². The van der Waals surface area contributed by atoms with Crippen molar-refractivity contribution in [3.05, 3.63) is 65.2 Å². The first-order valence-corrected chi connectivity index (χ1v) is 13.1. The van der Waals surface area contributed by atoms with E-state index >= 15 is 0 Å². The number of amides is 1. The first-order chi connectivity index (χ1) is 17.6. The minimum Gasteiger partial charge on any atom is -0.398 e. The summed E-state index contributed by atoms with van der Waals surface area (Å²) in [5.41, 5.74) is 9.87. The van der Waals surface area contributed by atoms with Gasteiger partial charge in [0, 0.05) is 24.8 Å². The molecule has 0 atom stereocenters. The number of anilines is 1. The van der Waals surface area contributed by atoms with Crippen LogP contribution in [0, 0.1) is 0 Å². The summed E-state index contributed by atoms with van der Waals surface area (Å²) in [6.07, 6.45) is 11.8. The highest BCUT2D eigenvalue weighted by atomic mass is 16.5. The van der Waals surface area contributed by atoms with Crippen molar-refractivity contribution in [2.45, 2.75) is 57.9 Å². The molecule has 1 heterocycles. The zero-order valence-corrected chi connectivity index (χ0v) is 21.7. The number of hydrogen-bond donors (Lipinski definition) is 4. The summed E-state index contributed by atoms with van der Waals surface area (Å²) in [7, 11) is 0. The van der Waals surface area contributed by atoms with Crippen molar-refractivity contribution in [1.29, 1.82) is 0 Å². The van der Waals surface area contributed by atoms with Crippen LogP contribution in [-0.4, -0.2) is 54.9 Å². The predicted molar refractivity (Wildman–Crippen MR) is 148 cm³/mol. The summed E-state index contributed by atoms with van der Waals surface area (Å²) in [6.45, 7) is 7.58. The van der Waals surface area contributed by atoms with E-state index in [9.17, 15) is 4.79 Å². The Morgan fingerprint density at radius 1 is 1.03 bits per heavy atom. The molecule has 198 valence electrons. The molecule has 7 heteroatoms. The lowest BCUT2D eigenvalue weighted by Crippen LogP contribution is -2.37. The quantitative estimate of drug-likeness (QED) is 0.255. The third-order valence-corrected chi connectivity index (χ3v) is 6.41. The molecular formula is C29H44N4O3. The lowest BCUT2D eigenvalue weighted by molar-refractivity contribution is -0.121. The Morgan fingerprint density at radius 2 is 1.69 bits per heavy atom. The molecule has 1 aliphatic heterocycles. The summed E-state index contributed by atoms with van der Waals surface area (Å²) >= 11 is 0. The number of carbonyl (C=O) groups excluding carboxylic acids is 1. The van der Waals surface area contributed by atoms with Gasteiger partial charge in [-0.25, -0.2) is 5.90 Å². The molecule has 0 radical (unpaired) electrons. The van der Waals surface area contributed by atoms with Crippen LogP contribution in [0.25, 0.3) is 12.2 Å². The monoisotopic (exact) mass is 496 g/mol. The van der Waals surface area contributed by atoms with Crippen LogP contribution in [0.3, 0.4) is 0 Å². The van der Waals surface area contributed by atoms with Crippen molar-refractivity contribution in [2.24, 2.45) is 5.90 Å². The van der Waals surface area contributed by atoms with Gasteiger partial charge in [0.1, 0.15) is 0 Å². The van der Waals surface area contributed by atoms with Crippen molar-refractivity contribution >= 4 is 23.7 Å². The number of morpholine rings is 1. The second-order valence-electron chi connectivity index (χ2n) is 9.24. The summed E-state index contributed by atoms with van der Waals surface area (Å²) in [5.74, 6) is 3.63. The third kappa shape index (κ3) is 11.4. The van der Waals surface area contributed by atoms with Gasteiger partial charge in [-0.2, -0.15) is 0 Å². The number of nitrogens with one attached hydrogen (secondary N) is 1. The van der Waals surface area contributed by atoms with E-state index in [1.807, 2.05) is 60.7 Å². The molecule has 1 saturated carbocycles. The summed E-state index contributed by atoms with van der Waals surface area (Å²) < 4.78 is 5.20. The van der Waals surface area contributed by atoms with E-state index in [-0.39, 0.29) is 5.91 Å². The van der Waals surface area contributed by atoms with Crippen molar-refractivity contribution < 1.29 is 14.7 Å². The largest absolute Gasteiger partial charge is 0.398 e. The van der Waals surface area contributed by atoms with Crippen molar-refractivity contribution in [2.75, 3.05) is 38.6 Å². The van der Waals surface area contributed by atoms with Crippen molar-refractivity contribution in [3.8, 4) is 0 Å². The molecule has 0 spiro atoms. The molecule has 7 nitrogen and oxygen atoms in total. The highest BCUT2D eigenvalue weighted by Crippen LogP contribution is 2.18. The average Bonchev–Trinajstić information content (AvgIpc) is 2.92. The molecule has 2 fully saturated rings. The number of rotatable bonds is 7. The first kappa shape index (κ1) is 29.5. The van der Waals surface area contributed by atoms with E-state index in [0.717, 1.165) is 61.5 Å². The molecule has 2 aromatic carbocycles. The maximum Gasteiger partial charge on any atom is 0.224 e. The number of para-hydroxylation sites is 1. The number of hydrogen-bond acceptors (Lipinski definition) is 6. The van der Waals surface area contributed by atoms with E-state index in [0.29, 0.717) is 12.5 Å². The average molecular weight is 497 g/mol. The van der Waals surface area contributed by atoms with Crippen LogP contribution in [0.1, 0.15) is 62.1 Å². The second kappa shape index (κ2) is 17.7. The molecule has 4 rings (SSSR count). The smallest absolute Gasteiger partial charge is 0.224 e. The van der Waals surface area contributed by atoms with Crippen molar-refractivity contribution in [3.63, 3.8) is 0 Å². The molecule has 1 amide bonds. The Morgan fingerprint density at radius 3 is 2.33 bits per heavy atom. The zero-order chi connectivity index (χ0) is 26.0. The molecule has 2 aromatic rings. The molecule has 36 heavy (non-hydrogen) atoms. The molecule has 6 N–H and O–H groups in total. The second-order valence-corrected chi connectivity index (χ2v) is 9.24. The van der Waals surface area contributed by atoms with Gasteiger partial charge >= 0.3 is 0 Å². The zero-order valence-electron chi connectivity index (χ0n) is 21.7. The van der Waals surface area contributed by atoms with Gasteiger partial charge in [0.15, 0.2) is 0 Å². The van der Waals surface area contributed by atoms with E-state index in [1.54, 1.807) is 0 Å². The molecule has 0 unspecified atom stereocenters. The summed E-state index contributed by atoms with van der Waals surface area (Å²) in [5, 5.41) is 9.67. The van der Waals surface area contributed by atoms with Gasteiger partial charge in [-0.3, -0.25) is 9.69 Å². The Hall–Kier alpha value is -2.71. The maximum atomic E-state index is 12.2. The number of nitrogens with zero attached hydrogens (tertiary/aromatic N) is 1. The molecule has 1 saturated heterocycles. The lowest BCUT2D eigenvalue weighted by atomic mass is 9.95. The van der Waals surface area contributed by atoms with Gasteiger partial charge < -0.3 is 21.0 Å². The normalized spacial score (nSPS) is 16.4. The molecule has 2 aliphatic rings. The fourth-order valence-electron chi connectivity index (χ4n) is 4.45. The van der Waals surface area contributed by atoms with E-state index in [4.69, 9.17) is 15.7 Å². The van der Waals surface area contributed by atoms with Crippen LogP contribution < -0.4 is 16.9 Å². The minimum atomic E-state index is 0.132. The topological polar surface area (TPSA) is 114 Å². The van der Waals surface area contributed by atoms with Crippen LogP contribution >= 0.6 is 0 Å². The Labute approximate surface area is 216 Å². The van der Waals surface area contributed by atoms with Gasteiger partial charge in [-0.1, -0.05) is 80.8 Å². The minimum absolute atomic E-state index is 0.132. The van der Waals surface area contributed by atoms with Gasteiger partial charge in [-0.05, 0) is 48.6 Å². The first-order valence-electron chi connectivity index (χ1n) is 13.1. The van der Waals surface area contributed by atoms with Crippen LogP contribution in [0.5, 0.6) is 0 Å². The highest BCUT2D eigenvalue weighted by Gasteiger charge is 2.15. The third-order valence-electron chi connectivity index (χ3n) is 6.41. The number of carbonyl (C=O) groups is 1. The fourth-order valence-corrected chi connectivity index (χ4v) is 4.45. The highest BCUT2D eigenvalue weighted by molar-refractivity contribution is 5.79. The van der Waals surface area contributed by atoms with Gasteiger partial charge in [0.25, 0.3) is 0 Å². The predicted octanol–water partition coefficient (Wildman–Crippen LogP) is 4.49. The summed E-state index contributed by atoms with van der Waals surface area (Å²) in [4.78, 5) is 14.6. The number of benzene rings is 2. The molecule has 0 aromatic heterocycles. The van der Waals surface area contributed by atoms with Gasteiger partial charge in [-0.15, -0.1) is 0 Å². The number of ether oxygens (including phenoxy) is 1. The fraction of sp³-hybridized carbons (Fsp3) is 0.483. The van der Waals surface area contributed by atoms with Crippen LogP contribution in [0.15, 0.2) is 48.5 Å². The maximum absolute atomic E-state index is 12.2. The van der Waals surface area contributed by atoms with E-state index in [1.165, 1.54) is 32.2 Å². The van der Waals surface area contributed by atoms with E-state index < -0.39 is 0 Å². The summed E-state index contributed by atoms with van der Waals surface area (Å²) in [6, 6.07) is 16.3. The molecule has 1 aliphatic carbocycles. The Balaban J connectivity index is 0.000000347. The standard InChI is InChI=1S/C22H26N2O.C7H15NO.H3NO/c23-21-9-5-4-6-19(21)15-14-17-10-12-18(13-11-17)16-22(25)24-20-7-2-1-3-8-20;1-2-3-8-4-6-9-7-5-8;1-2/h4-6,9-15,20H,1-3,7-8,16,23H2,(H,24,25);2-7H2,1H3;2H,1H2/b15-14+;;. The Kier molecular flexibility index (Phi) is 14.5. The van der Waals surface area contributed by atoms with Crippen molar-refractivity contribution in [1.82, 2.24) is 10.2 Å². The lowest BCUT2D eigenvalue weighted by Gasteiger charge is -2.25. The van der Waals surface area contributed by atoms with Gasteiger partial charge in [0.2, 0.25) is 5.91 Å². The molecular weight excluding hydrogens is 452 g/mol. The van der Waals surface area contributed by atoms with Crippen LogP contribution in [-0.2, 0) is 16.0 Å².